The van der Waals surface area contributed by atoms with Crippen LogP contribution in [-0.4, -0.2) is 86.4 Å². The zero-order chi connectivity index (χ0) is 35.3. The summed E-state index contributed by atoms with van der Waals surface area (Å²) in [6.07, 6.45) is 4.25. The number of nitrogens with one attached hydrogen (secondary N) is 6. The molecule has 0 bridgehead atoms. The lowest BCUT2D eigenvalue weighted by Crippen LogP contribution is -2.52. The summed E-state index contributed by atoms with van der Waals surface area (Å²) in [5.74, 6) is -2.36. The molecule has 0 aliphatic carbocycles. The second-order valence-electron chi connectivity index (χ2n) is 12.8. The lowest BCUT2D eigenvalue weighted by Gasteiger charge is -2.32. The summed E-state index contributed by atoms with van der Waals surface area (Å²) in [5, 5.41) is 16.0. The molecule has 0 heterocycles. The molecule has 264 valence electrons. The van der Waals surface area contributed by atoms with Crippen LogP contribution in [0.2, 0.25) is 0 Å². The van der Waals surface area contributed by atoms with Gasteiger partial charge in [0.2, 0.25) is 35.4 Å². The average Bonchev–Trinajstić information content (AvgIpc) is 3.04. The standard InChI is InChI=1S/C34H56N6O7/c1-7-10-12-17-28(42)35-19-29(43)36-21-31(45)39-26(18-25-15-13-11-14-16-25)32(46)37-20-30(44)38-22-33(4,5)23-47-24-34(6,9-3)40-27(41)8-2/h11,13-16,26H,7-10,12,17-24H2,1-6H3,(H,35,42)(H,36,43)(H,37,46)(H,38,44)(H,39,45)(H,40,41)/t26-,34?/m0/s1. The molecule has 1 rings (SSSR count). The second-order valence-corrected chi connectivity index (χ2v) is 12.8. The van der Waals surface area contributed by atoms with Crippen LogP contribution in [0.3, 0.4) is 0 Å². The molecule has 1 aromatic rings. The van der Waals surface area contributed by atoms with Crippen molar-refractivity contribution in [3.05, 3.63) is 35.9 Å². The molecule has 1 aromatic carbocycles. The van der Waals surface area contributed by atoms with Gasteiger partial charge in [-0.1, -0.05) is 77.8 Å². The summed E-state index contributed by atoms with van der Waals surface area (Å²) in [4.78, 5) is 74.1. The molecule has 13 heteroatoms. The van der Waals surface area contributed by atoms with Crippen LogP contribution < -0.4 is 31.9 Å². The Labute approximate surface area is 279 Å². The third-order valence-electron chi connectivity index (χ3n) is 7.48. The number of carbonyl (C=O) groups excluding carboxylic acids is 6. The number of unbranched alkanes of at least 4 members (excludes halogenated alkanes) is 2. The van der Waals surface area contributed by atoms with Gasteiger partial charge >= 0.3 is 0 Å². The van der Waals surface area contributed by atoms with Crippen LogP contribution in [0.5, 0.6) is 0 Å². The van der Waals surface area contributed by atoms with Crippen molar-refractivity contribution < 1.29 is 33.5 Å². The van der Waals surface area contributed by atoms with Crippen LogP contribution in [0.4, 0.5) is 0 Å². The van der Waals surface area contributed by atoms with Gasteiger partial charge in [0.15, 0.2) is 0 Å². The number of amides is 6. The lowest BCUT2D eigenvalue weighted by atomic mass is 9.94. The van der Waals surface area contributed by atoms with Crippen molar-refractivity contribution in [1.29, 1.82) is 0 Å². The molecule has 0 aliphatic rings. The van der Waals surface area contributed by atoms with Crippen LogP contribution in [0.25, 0.3) is 0 Å². The quantitative estimate of drug-likeness (QED) is 0.0961. The highest BCUT2D eigenvalue weighted by molar-refractivity contribution is 5.92. The molecule has 6 amide bonds. The summed E-state index contributed by atoms with van der Waals surface area (Å²) in [6.45, 7) is 11.6. The second kappa shape index (κ2) is 21.7. The molecule has 6 N–H and O–H groups in total. The van der Waals surface area contributed by atoms with E-state index in [1.54, 1.807) is 6.92 Å². The molecule has 0 saturated heterocycles. The van der Waals surface area contributed by atoms with Crippen molar-refractivity contribution in [3.63, 3.8) is 0 Å². The van der Waals surface area contributed by atoms with Gasteiger partial charge in [-0.15, -0.1) is 0 Å². The Balaban J connectivity index is 2.59. The van der Waals surface area contributed by atoms with E-state index in [0.717, 1.165) is 24.8 Å². The minimum Gasteiger partial charge on any atom is -0.378 e. The van der Waals surface area contributed by atoms with Gasteiger partial charge in [0, 0.05) is 31.2 Å². The molecule has 0 spiro atoms. The topological polar surface area (TPSA) is 184 Å². The highest BCUT2D eigenvalue weighted by Gasteiger charge is 2.27. The van der Waals surface area contributed by atoms with Crippen molar-refractivity contribution in [3.8, 4) is 0 Å². The molecule has 0 fully saturated rings. The predicted octanol–water partition coefficient (Wildman–Crippen LogP) is 1.50. The predicted molar refractivity (Wildman–Crippen MR) is 180 cm³/mol. The van der Waals surface area contributed by atoms with Gasteiger partial charge in [0.25, 0.3) is 0 Å². The molecule has 2 atom stereocenters. The Bertz CT molecular complexity index is 1160. The number of hydrogen-bond donors (Lipinski definition) is 6. The van der Waals surface area contributed by atoms with Crippen molar-refractivity contribution in [2.24, 2.45) is 5.41 Å². The Hall–Kier alpha value is -4.00. The summed E-state index contributed by atoms with van der Waals surface area (Å²) < 4.78 is 5.91. The zero-order valence-electron chi connectivity index (χ0n) is 29.0. The summed E-state index contributed by atoms with van der Waals surface area (Å²) in [7, 11) is 0. The maximum absolute atomic E-state index is 13.1. The van der Waals surface area contributed by atoms with E-state index in [0.29, 0.717) is 32.5 Å². The number of hydrogen-bond acceptors (Lipinski definition) is 7. The minimum atomic E-state index is -1.00. The van der Waals surface area contributed by atoms with Crippen molar-refractivity contribution in [2.75, 3.05) is 39.4 Å². The van der Waals surface area contributed by atoms with Crippen molar-refractivity contribution in [1.82, 2.24) is 31.9 Å². The number of ether oxygens (including phenoxy) is 1. The monoisotopic (exact) mass is 660 g/mol. The fourth-order valence-corrected chi connectivity index (χ4v) is 4.29. The summed E-state index contributed by atoms with van der Waals surface area (Å²) in [5.41, 5.74) is -0.114. The van der Waals surface area contributed by atoms with Crippen molar-refractivity contribution in [2.45, 2.75) is 98.1 Å². The maximum Gasteiger partial charge on any atom is 0.243 e. The molecular formula is C34H56N6O7. The highest BCUT2D eigenvalue weighted by atomic mass is 16.5. The van der Waals surface area contributed by atoms with Crippen molar-refractivity contribution >= 4 is 35.4 Å². The maximum atomic E-state index is 13.1. The van der Waals surface area contributed by atoms with E-state index in [4.69, 9.17) is 4.74 Å². The summed E-state index contributed by atoms with van der Waals surface area (Å²) >= 11 is 0. The minimum absolute atomic E-state index is 0.0426. The molecule has 0 radical (unpaired) electrons. The third kappa shape index (κ3) is 18.7. The fraction of sp³-hybridized carbons (Fsp3) is 0.647. The third-order valence-corrected chi connectivity index (χ3v) is 7.48. The molecule has 0 aliphatic heterocycles. The van der Waals surface area contributed by atoms with Gasteiger partial charge in [-0.05, 0) is 25.3 Å². The van der Waals surface area contributed by atoms with Crippen LogP contribution in [0.15, 0.2) is 30.3 Å². The van der Waals surface area contributed by atoms with Crippen LogP contribution >= 0.6 is 0 Å². The van der Waals surface area contributed by atoms with E-state index >= 15 is 0 Å². The van der Waals surface area contributed by atoms with E-state index < -0.39 is 40.6 Å². The molecule has 0 aromatic heterocycles. The SMILES string of the molecule is CCCCCC(=O)NCC(=O)NCC(=O)N[C@@H](Cc1ccccc1)C(=O)NCC(=O)NCC(C)(C)COCC(C)(CC)NC(=O)CC. The first-order chi connectivity index (χ1) is 22.2. The van der Waals surface area contributed by atoms with Gasteiger partial charge in [0.1, 0.15) is 6.04 Å². The van der Waals surface area contributed by atoms with Gasteiger partial charge in [-0.3, -0.25) is 28.8 Å². The van der Waals surface area contributed by atoms with E-state index in [2.05, 4.69) is 31.9 Å². The smallest absolute Gasteiger partial charge is 0.243 e. The van der Waals surface area contributed by atoms with Gasteiger partial charge in [0.05, 0.1) is 38.4 Å². The Morgan fingerprint density at radius 3 is 1.98 bits per heavy atom. The first-order valence-electron chi connectivity index (χ1n) is 16.5. The van der Waals surface area contributed by atoms with E-state index in [1.165, 1.54) is 0 Å². The van der Waals surface area contributed by atoms with E-state index in [1.807, 2.05) is 65.0 Å². The highest BCUT2D eigenvalue weighted by Crippen LogP contribution is 2.17. The number of rotatable bonds is 23. The van der Waals surface area contributed by atoms with Crippen LogP contribution in [0, 0.1) is 5.41 Å². The zero-order valence-corrected chi connectivity index (χ0v) is 29.0. The molecule has 13 nitrogen and oxygen atoms in total. The van der Waals surface area contributed by atoms with E-state index in [-0.39, 0.29) is 44.4 Å². The van der Waals surface area contributed by atoms with Gasteiger partial charge in [-0.2, -0.15) is 0 Å². The van der Waals surface area contributed by atoms with E-state index in [9.17, 15) is 28.8 Å². The molecular weight excluding hydrogens is 604 g/mol. The summed E-state index contributed by atoms with van der Waals surface area (Å²) in [6, 6.07) is 8.08. The Morgan fingerprint density at radius 2 is 1.34 bits per heavy atom. The largest absolute Gasteiger partial charge is 0.378 e. The number of carbonyl (C=O) groups is 6. The normalized spacial score (nSPS) is 13.0. The Kier molecular flexibility index (Phi) is 19.0. The first kappa shape index (κ1) is 41.0. The van der Waals surface area contributed by atoms with Crippen LogP contribution in [-0.2, 0) is 39.9 Å². The molecule has 1 unspecified atom stereocenters. The Morgan fingerprint density at radius 1 is 0.723 bits per heavy atom. The first-order valence-corrected chi connectivity index (χ1v) is 16.5. The van der Waals surface area contributed by atoms with Gasteiger partial charge < -0.3 is 36.6 Å². The molecule has 0 saturated carbocycles. The van der Waals surface area contributed by atoms with Crippen LogP contribution in [0.1, 0.15) is 85.6 Å². The fourth-order valence-electron chi connectivity index (χ4n) is 4.29. The number of benzene rings is 1. The lowest BCUT2D eigenvalue weighted by molar-refractivity contribution is -0.131. The average molecular weight is 661 g/mol. The molecule has 47 heavy (non-hydrogen) atoms. The van der Waals surface area contributed by atoms with Gasteiger partial charge in [-0.25, -0.2) is 0 Å².